The number of aliphatic carboxylic acids is 1. The lowest BCUT2D eigenvalue weighted by atomic mass is 10.0. The van der Waals surface area contributed by atoms with Gasteiger partial charge in [0.05, 0.1) is 10.6 Å². The Balaban J connectivity index is 1.60. The Kier molecular flexibility index (Phi) is 8.62. The maximum Gasteiger partial charge on any atom is 0.320 e. The van der Waals surface area contributed by atoms with Crippen LogP contribution < -0.4 is 14.8 Å². The van der Waals surface area contributed by atoms with Gasteiger partial charge in [0.1, 0.15) is 36.3 Å². The van der Waals surface area contributed by atoms with Gasteiger partial charge in [-0.15, -0.1) is 0 Å². The van der Waals surface area contributed by atoms with Crippen molar-refractivity contribution in [2.24, 2.45) is 0 Å². The maximum absolute atomic E-state index is 11.5. The summed E-state index contributed by atoms with van der Waals surface area (Å²) in [5, 5.41) is 31.1. The molecule has 9 heteroatoms. The first-order chi connectivity index (χ1) is 17.9. The highest BCUT2D eigenvalue weighted by Crippen LogP contribution is 2.41. The molecule has 0 unspecified atom stereocenters. The molecular formula is C28H28ClN3O5. The van der Waals surface area contributed by atoms with Crippen molar-refractivity contribution in [3.8, 4) is 17.6 Å². The fourth-order valence-corrected chi connectivity index (χ4v) is 4.71. The summed E-state index contributed by atoms with van der Waals surface area (Å²) in [7, 11) is 0. The number of hydrogen-bond acceptors (Lipinski definition) is 7. The zero-order valence-electron chi connectivity index (χ0n) is 20.4. The van der Waals surface area contributed by atoms with Gasteiger partial charge in [0, 0.05) is 42.7 Å². The summed E-state index contributed by atoms with van der Waals surface area (Å²) in [6, 6.07) is 12.4. The quantitative estimate of drug-likeness (QED) is 0.337. The molecule has 1 aliphatic carbocycles. The molecule has 2 atom stereocenters. The number of hydrogen-bond donors (Lipinski definition) is 3. The highest BCUT2D eigenvalue weighted by Gasteiger charge is 2.26. The number of carboxylic acids is 1. The molecule has 0 bridgehead atoms. The van der Waals surface area contributed by atoms with Crippen LogP contribution in [0.5, 0.6) is 11.5 Å². The van der Waals surface area contributed by atoms with E-state index in [0.717, 1.165) is 18.4 Å². The summed E-state index contributed by atoms with van der Waals surface area (Å²) >= 11 is 6.62. The van der Waals surface area contributed by atoms with Crippen molar-refractivity contribution < 1.29 is 24.5 Å². The number of nitrogens with zero attached hydrogens (tertiary/aromatic N) is 2. The number of carbonyl (C=O) groups is 1. The number of aryl methyl sites for hydroxylation is 1. The predicted molar refractivity (Wildman–Crippen MR) is 138 cm³/mol. The Hall–Kier alpha value is -3.64. The third-order valence-corrected chi connectivity index (χ3v) is 6.70. The molecule has 37 heavy (non-hydrogen) atoms. The van der Waals surface area contributed by atoms with Crippen molar-refractivity contribution in [1.29, 1.82) is 5.26 Å². The minimum absolute atomic E-state index is 0.0631. The van der Waals surface area contributed by atoms with Crippen LogP contribution in [0.2, 0.25) is 5.02 Å². The van der Waals surface area contributed by atoms with Gasteiger partial charge in [-0.3, -0.25) is 9.78 Å². The lowest BCUT2D eigenvalue weighted by Gasteiger charge is -2.20. The number of ether oxygens (including phenoxy) is 2. The number of fused-ring (bicyclic) bond motifs is 1. The Morgan fingerprint density at radius 2 is 2.14 bits per heavy atom. The first-order valence-electron chi connectivity index (χ1n) is 12.0. The Morgan fingerprint density at radius 3 is 2.89 bits per heavy atom. The molecule has 0 fully saturated rings. The largest absolute Gasteiger partial charge is 0.488 e. The Bertz CT molecular complexity index is 1320. The number of carboxylic acid groups (broad SMARTS) is 1. The van der Waals surface area contributed by atoms with Crippen LogP contribution in [0.15, 0.2) is 48.8 Å². The fraction of sp³-hybridized carbons (Fsp3) is 0.321. The summed E-state index contributed by atoms with van der Waals surface area (Å²) in [6.45, 7) is 2.12. The molecule has 2 aromatic carbocycles. The minimum atomic E-state index is -1.06. The second kappa shape index (κ2) is 12.1. The monoisotopic (exact) mass is 521 g/mol. The van der Waals surface area contributed by atoms with Crippen LogP contribution in [0.3, 0.4) is 0 Å². The zero-order chi connectivity index (χ0) is 26.4. The highest BCUT2D eigenvalue weighted by atomic mass is 35.5. The molecule has 0 saturated carbocycles. The van der Waals surface area contributed by atoms with Gasteiger partial charge < -0.3 is 25.0 Å². The number of aliphatic hydroxyl groups is 1. The fourth-order valence-electron chi connectivity index (χ4n) is 4.48. The molecule has 1 aromatic heterocycles. The Morgan fingerprint density at radius 1 is 1.30 bits per heavy atom. The number of aliphatic hydroxyl groups excluding tert-OH is 1. The third-order valence-electron chi connectivity index (χ3n) is 6.41. The van der Waals surface area contributed by atoms with Gasteiger partial charge in [-0.2, -0.15) is 5.26 Å². The maximum atomic E-state index is 11.5. The van der Waals surface area contributed by atoms with E-state index in [2.05, 4.69) is 35.4 Å². The van der Waals surface area contributed by atoms with E-state index < -0.39 is 12.0 Å². The van der Waals surface area contributed by atoms with Crippen LogP contribution in [0.1, 0.15) is 52.3 Å². The Labute approximate surface area is 220 Å². The second-order valence-electron chi connectivity index (χ2n) is 8.94. The number of nitrogens with one attached hydrogen (secondary N) is 1. The molecule has 1 aliphatic rings. The summed E-state index contributed by atoms with van der Waals surface area (Å²) in [6.07, 6.45) is 4.78. The lowest BCUT2D eigenvalue weighted by Crippen LogP contribution is -2.37. The van der Waals surface area contributed by atoms with E-state index in [1.165, 1.54) is 17.3 Å². The molecular weight excluding hydrogens is 494 g/mol. The van der Waals surface area contributed by atoms with Crippen molar-refractivity contribution in [3.05, 3.63) is 87.2 Å². The molecule has 192 valence electrons. The molecule has 1 heterocycles. The second-order valence-corrected chi connectivity index (χ2v) is 9.35. The van der Waals surface area contributed by atoms with Gasteiger partial charge >= 0.3 is 5.97 Å². The van der Waals surface area contributed by atoms with Crippen molar-refractivity contribution in [3.63, 3.8) is 0 Å². The van der Waals surface area contributed by atoms with Crippen LogP contribution >= 0.6 is 11.6 Å². The molecule has 0 amide bonds. The molecule has 0 spiro atoms. The number of pyridine rings is 1. The molecule has 0 saturated heterocycles. The van der Waals surface area contributed by atoms with E-state index in [1.54, 1.807) is 24.4 Å². The van der Waals surface area contributed by atoms with Gasteiger partial charge in [-0.05, 0) is 55.0 Å². The van der Waals surface area contributed by atoms with Crippen LogP contribution in [-0.2, 0) is 24.4 Å². The van der Waals surface area contributed by atoms with Crippen molar-refractivity contribution in [2.75, 3.05) is 6.61 Å². The normalized spacial score (nSPS) is 15.0. The average molecular weight is 522 g/mol. The molecule has 0 aliphatic heterocycles. The summed E-state index contributed by atoms with van der Waals surface area (Å²) < 4.78 is 12.5. The van der Waals surface area contributed by atoms with E-state index in [0.29, 0.717) is 33.2 Å². The predicted octanol–water partition coefficient (Wildman–Crippen LogP) is 4.49. The third kappa shape index (κ3) is 6.38. The van der Waals surface area contributed by atoms with E-state index in [4.69, 9.17) is 26.3 Å². The van der Waals surface area contributed by atoms with Crippen molar-refractivity contribution >= 4 is 17.6 Å². The van der Waals surface area contributed by atoms with Gasteiger partial charge in [-0.1, -0.05) is 29.8 Å². The van der Waals surface area contributed by atoms with E-state index >= 15 is 0 Å². The SMILES string of the molecule is Cc1cccc2c1CC[C@@H]2Oc1cc(OCc2cncc(C#N)c2)c(CN[C@@H](CCO)C(=O)O)cc1Cl. The lowest BCUT2D eigenvalue weighted by molar-refractivity contribution is -0.140. The molecule has 3 N–H and O–H groups in total. The topological polar surface area (TPSA) is 125 Å². The van der Waals surface area contributed by atoms with E-state index in [-0.39, 0.29) is 32.3 Å². The van der Waals surface area contributed by atoms with Gasteiger partial charge in [0.25, 0.3) is 0 Å². The summed E-state index contributed by atoms with van der Waals surface area (Å²) in [5.74, 6) is -0.129. The number of benzene rings is 2. The first kappa shape index (κ1) is 26.4. The first-order valence-corrected chi connectivity index (χ1v) is 12.4. The van der Waals surface area contributed by atoms with Crippen LogP contribution in [0.25, 0.3) is 0 Å². The molecule has 8 nitrogen and oxygen atoms in total. The van der Waals surface area contributed by atoms with Crippen molar-refractivity contribution in [2.45, 2.75) is 51.5 Å². The average Bonchev–Trinajstić information content (AvgIpc) is 3.31. The highest BCUT2D eigenvalue weighted by molar-refractivity contribution is 6.32. The van der Waals surface area contributed by atoms with Gasteiger partial charge in [-0.25, -0.2) is 0 Å². The smallest absolute Gasteiger partial charge is 0.320 e. The summed E-state index contributed by atoms with van der Waals surface area (Å²) in [5.41, 5.74) is 5.45. The summed E-state index contributed by atoms with van der Waals surface area (Å²) in [4.78, 5) is 15.6. The number of nitriles is 1. The minimum Gasteiger partial charge on any atom is -0.488 e. The van der Waals surface area contributed by atoms with Gasteiger partial charge in [0.2, 0.25) is 0 Å². The zero-order valence-corrected chi connectivity index (χ0v) is 21.2. The van der Waals surface area contributed by atoms with Crippen LogP contribution in [0.4, 0.5) is 0 Å². The standard InChI is InChI=1S/C28H28ClN3O5/c1-17-3-2-4-22-21(17)5-6-25(22)37-27-11-26(36-16-19-9-18(12-30)13-31-14-19)20(10-23(27)29)15-32-24(7-8-33)28(34)35/h2-4,9-11,13-14,24-25,32-33H,5-8,15-16H2,1H3,(H,34,35)/t24-,25-/m0/s1. The number of halogens is 1. The van der Waals surface area contributed by atoms with Crippen LogP contribution in [0, 0.1) is 18.3 Å². The number of rotatable bonds is 11. The molecule has 0 radical (unpaired) electrons. The van der Waals surface area contributed by atoms with E-state index in [9.17, 15) is 15.0 Å². The number of aromatic nitrogens is 1. The molecule has 3 aromatic rings. The van der Waals surface area contributed by atoms with E-state index in [1.807, 2.05) is 6.07 Å². The molecule has 4 rings (SSSR count). The van der Waals surface area contributed by atoms with Gasteiger partial charge in [0.15, 0.2) is 0 Å². The van der Waals surface area contributed by atoms with Crippen molar-refractivity contribution in [1.82, 2.24) is 10.3 Å². The van der Waals surface area contributed by atoms with Crippen LogP contribution in [-0.4, -0.2) is 33.8 Å².